The number of aryl methyl sites for hydroxylation is 1. The van der Waals surface area contributed by atoms with Crippen LogP contribution in [0.15, 0.2) is 84.9 Å². The van der Waals surface area contributed by atoms with Gasteiger partial charge in [-0.25, -0.2) is 4.98 Å². The normalized spacial score (nSPS) is 14.7. The van der Waals surface area contributed by atoms with Crippen LogP contribution >= 0.6 is 0 Å². The molecule has 4 nitrogen and oxygen atoms in total. The first-order valence-electron chi connectivity index (χ1n) is 11.0. The van der Waals surface area contributed by atoms with Gasteiger partial charge in [0.1, 0.15) is 5.82 Å². The van der Waals surface area contributed by atoms with E-state index in [-0.39, 0.29) is 0 Å². The van der Waals surface area contributed by atoms with Crippen LogP contribution in [-0.2, 0) is 6.54 Å². The van der Waals surface area contributed by atoms with E-state index in [0.29, 0.717) is 0 Å². The van der Waals surface area contributed by atoms with E-state index in [4.69, 9.17) is 4.98 Å². The van der Waals surface area contributed by atoms with E-state index in [1.165, 1.54) is 16.8 Å². The predicted octanol–water partition coefficient (Wildman–Crippen LogP) is 5.37. The smallest absolute Gasteiger partial charge is 0.121 e. The number of benzene rings is 3. The fraction of sp³-hybridized carbons (Fsp3) is 0.222. The summed E-state index contributed by atoms with van der Waals surface area (Å²) in [6.07, 6.45) is 0. The van der Waals surface area contributed by atoms with Crippen LogP contribution in [0.1, 0.15) is 11.4 Å². The van der Waals surface area contributed by atoms with Crippen LogP contribution in [0.2, 0.25) is 0 Å². The highest BCUT2D eigenvalue weighted by Crippen LogP contribution is 2.30. The molecule has 0 saturated carbocycles. The maximum atomic E-state index is 5.03. The number of piperazine rings is 1. The summed E-state index contributed by atoms with van der Waals surface area (Å²) in [5, 5.41) is 0. The molecule has 2 heterocycles. The van der Waals surface area contributed by atoms with E-state index in [9.17, 15) is 0 Å². The third-order valence-electron chi connectivity index (χ3n) is 6.06. The van der Waals surface area contributed by atoms with Crippen LogP contribution in [0.4, 0.5) is 5.69 Å². The minimum atomic E-state index is 0.842. The zero-order valence-corrected chi connectivity index (χ0v) is 18.0. The lowest BCUT2D eigenvalue weighted by Gasteiger charge is -2.36. The molecule has 0 aliphatic carbocycles. The molecule has 0 amide bonds. The minimum Gasteiger partial charge on any atom is -0.369 e. The Morgan fingerprint density at radius 3 is 2.03 bits per heavy atom. The SMILES string of the molecule is Cc1ccccc1N1CCN(Cc2nc(-c3ccccc3)c(-c3ccccc3)[nH]2)CC1. The molecule has 3 aromatic carbocycles. The molecule has 156 valence electrons. The average Bonchev–Trinajstić information content (AvgIpc) is 3.25. The zero-order valence-electron chi connectivity index (χ0n) is 18.0. The number of hydrogen-bond acceptors (Lipinski definition) is 3. The maximum Gasteiger partial charge on any atom is 0.121 e. The Bertz CT molecular complexity index is 1070. The highest BCUT2D eigenvalue weighted by atomic mass is 15.3. The zero-order chi connectivity index (χ0) is 21.0. The van der Waals surface area contributed by atoms with Crippen molar-refractivity contribution in [2.75, 3.05) is 31.1 Å². The second-order valence-electron chi connectivity index (χ2n) is 8.19. The van der Waals surface area contributed by atoms with Crippen molar-refractivity contribution in [2.45, 2.75) is 13.5 Å². The number of para-hydroxylation sites is 1. The summed E-state index contributed by atoms with van der Waals surface area (Å²) in [5.74, 6) is 1.03. The minimum absolute atomic E-state index is 0.842. The van der Waals surface area contributed by atoms with Crippen molar-refractivity contribution in [3.05, 3.63) is 96.3 Å². The molecule has 4 heteroatoms. The quantitative estimate of drug-likeness (QED) is 0.482. The molecule has 0 bridgehead atoms. The van der Waals surface area contributed by atoms with Crippen molar-refractivity contribution in [2.24, 2.45) is 0 Å². The van der Waals surface area contributed by atoms with Crippen molar-refractivity contribution < 1.29 is 0 Å². The Balaban J connectivity index is 1.35. The Kier molecular flexibility index (Phi) is 5.55. The van der Waals surface area contributed by atoms with E-state index < -0.39 is 0 Å². The van der Waals surface area contributed by atoms with Gasteiger partial charge in [0.05, 0.1) is 17.9 Å². The number of nitrogens with zero attached hydrogens (tertiary/aromatic N) is 3. The molecular formula is C27H28N4. The number of imidazole rings is 1. The highest BCUT2D eigenvalue weighted by Gasteiger charge is 2.21. The van der Waals surface area contributed by atoms with Gasteiger partial charge in [0.15, 0.2) is 0 Å². The van der Waals surface area contributed by atoms with Crippen molar-refractivity contribution >= 4 is 5.69 Å². The summed E-state index contributed by atoms with van der Waals surface area (Å²) in [5.41, 5.74) is 7.15. The lowest BCUT2D eigenvalue weighted by Crippen LogP contribution is -2.46. The van der Waals surface area contributed by atoms with E-state index in [2.05, 4.69) is 101 Å². The number of nitrogens with one attached hydrogen (secondary N) is 1. The average molecular weight is 409 g/mol. The molecule has 0 atom stereocenters. The fourth-order valence-electron chi connectivity index (χ4n) is 4.39. The van der Waals surface area contributed by atoms with E-state index >= 15 is 0 Å². The summed E-state index contributed by atoms with van der Waals surface area (Å²) < 4.78 is 0. The number of H-pyrrole nitrogens is 1. The lowest BCUT2D eigenvalue weighted by atomic mass is 10.1. The predicted molar refractivity (Wildman–Crippen MR) is 128 cm³/mol. The molecule has 0 radical (unpaired) electrons. The molecule has 1 aromatic heterocycles. The molecule has 1 fully saturated rings. The second-order valence-corrected chi connectivity index (χ2v) is 8.19. The first kappa shape index (κ1) is 19.6. The molecule has 4 aromatic rings. The number of hydrogen-bond donors (Lipinski definition) is 1. The van der Waals surface area contributed by atoms with Gasteiger partial charge >= 0.3 is 0 Å². The molecule has 1 N–H and O–H groups in total. The van der Waals surface area contributed by atoms with Gasteiger partial charge in [-0.2, -0.15) is 0 Å². The van der Waals surface area contributed by atoms with E-state index in [0.717, 1.165) is 55.5 Å². The van der Waals surface area contributed by atoms with Gasteiger partial charge in [-0.15, -0.1) is 0 Å². The number of rotatable bonds is 5. The van der Waals surface area contributed by atoms with Crippen LogP contribution in [0.25, 0.3) is 22.5 Å². The molecule has 31 heavy (non-hydrogen) atoms. The molecule has 0 unspecified atom stereocenters. The maximum absolute atomic E-state index is 5.03. The van der Waals surface area contributed by atoms with Crippen molar-refractivity contribution in [1.29, 1.82) is 0 Å². The van der Waals surface area contributed by atoms with Gasteiger partial charge in [0, 0.05) is 43.0 Å². The summed E-state index contributed by atoms with van der Waals surface area (Å²) in [4.78, 5) is 13.7. The summed E-state index contributed by atoms with van der Waals surface area (Å²) >= 11 is 0. The van der Waals surface area contributed by atoms with Crippen LogP contribution in [-0.4, -0.2) is 41.0 Å². The molecule has 0 spiro atoms. The van der Waals surface area contributed by atoms with E-state index in [1.54, 1.807) is 0 Å². The molecule has 1 aliphatic heterocycles. The summed E-state index contributed by atoms with van der Waals surface area (Å²) in [6.45, 7) is 7.20. The Morgan fingerprint density at radius 1 is 0.742 bits per heavy atom. The standard InChI is InChI=1S/C27H28N4/c1-21-10-8-9-15-24(21)31-18-16-30(17-19-31)20-25-28-26(22-11-4-2-5-12-22)27(29-25)23-13-6-3-7-14-23/h2-15H,16-20H2,1H3,(H,28,29). The lowest BCUT2D eigenvalue weighted by molar-refractivity contribution is 0.244. The molecule has 1 aliphatic rings. The monoisotopic (exact) mass is 408 g/mol. The largest absolute Gasteiger partial charge is 0.369 e. The second kappa shape index (κ2) is 8.78. The first-order valence-corrected chi connectivity index (χ1v) is 11.0. The molecule has 5 rings (SSSR count). The first-order chi connectivity index (χ1) is 15.3. The number of anilines is 1. The Hall–Kier alpha value is -3.37. The highest BCUT2D eigenvalue weighted by molar-refractivity contribution is 5.78. The summed E-state index contributed by atoms with van der Waals surface area (Å²) in [7, 11) is 0. The van der Waals surface area contributed by atoms with Crippen molar-refractivity contribution in [3.8, 4) is 22.5 Å². The van der Waals surface area contributed by atoms with Crippen LogP contribution < -0.4 is 4.90 Å². The van der Waals surface area contributed by atoms with Crippen molar-refractivity contribution in [3.63, 3.8) is 0 Å². The van der Waals surface area contributed by atoms with Crippen LogP contribution in [0.3, 0.4) is 0 Å². The number of aromatic amines is 1. The van der Waals surface area contributed by atoms with Crippen LogP contribution in [0.5, 0.6) is 0 Å². The third-order valence-corrected chi connectivity index (χ3v) is 6.06. The van der Waals surface area contributed by atoms with E-state index in [1.807, 2.05) is 6.07 Å². The van der Waals surface area contributed by atoms with Gasteiger partial charge in [-0.1, -0.05) is 78.9 Å². The summed E-state index contributed by atoms with van der Waals surface area (Å²) in [6, 6.07) is 29.6. The topological polar surface area (TPSA) is 35.2 Å². The van der Waals surface area contributed by atoms with Gasteiger partial charge in [-0.05, 0) is 18.6 Å². The van der Waals surface area contributed by atoms with Gasteiger partial charge < -0.3 is 9.88 Å². The van der Waals surface area contributed by atoms with Crippen LogP contribution in [0, 0.1) is 6.92 Å². The molecular weight excluding hydrogens is 380 g/mol. The fourth-order valence-corrected chi connectivity index (χ4v) is 4.39. The van der Waals surface area contributed by atoms with Gasteiger partial charge in [0.2, 0.25) is 0 Å². The molecule has 1 saturated heterocycles. The van der Waals surface area contributed by atoms with Gasteiger partial charge in [0.25, 0.3) is 0 Å². The number of aromatic nitrogens is 2. The van der Waals surface area contributed by atoms with Crippen molar-refractivity contribution in [1.82, 2.24) is 14.9 Å². The Morgan fingerprint density at radius 2 is 1.35 bits per heavy atom. The Labute approximate surface area is 184 Å². The van der Waals surface area contributed by atoms with Gasteiger partial charge in [-0.3, -0.25) is 4.90 Å². The third kappa shape index (κ3) is 4.25.